The van der Waals surface area contributed by atoms with Crippen molar-refractivity contribution in [3.05, 3.63) is 11.7 Å². The van der Waals surface area contributed by atoms with Crippen LogP contribution in [0.15, 0.2) is 4.52 Å². The Labute approximate surface area is 107 Å². The highest BCUT2D eigenvalue weighted by Crippen LogP contribution is 2.39. The van der Waals surface area contributed by atoms with Crippen LogP contribution in [0.2, 0.25) is 0 Å². The summed E-state index contributed by atoms with van der Waals surface area (Å²) in [5, 5.41) is 3.98. The van der Waals surface area contributed by atoms with Crippen LogP contribution in [0.5, 0.6) is 0 Å². The highest BCUT2D eigenvalue weighted by atomic mass is 16.5. The standard InChI is InChI=1S/C13H20N2O3/c1-8(2)7-11-14-12(18-15-11)9-5-4-6-10(9)13(16)17-3/h8-10H,4-7H2,1-3H3. The molecule has 0 saturated heterocycles. The fourth-order valence-corrected chi connectivity index (χ4v) is 2.56. The van der Waals surface area contributed by atoms with Crippen LogP contribution in [0.4, 0.5) is 0 Å². The van der Waals surface area contributed by atoms with E-state index in [9.17, 15) is 4.79 Å². The third-order valence-corrected chi connectivity index (χ3v) is 3.41. The molecule has 1 aromatic rings. The monoisotopic (exact) mass is 252 g/mol. The van der Waals surface area contributed by atoms with Gasteiger partial charge in [0.25, 0.3) is 0 Å². The maximum Gasteiger partial charge on any atom is 0.309 e. The predicted molar refractivity (Wildman–Crippen MR) is 64.9 cm³/mol. The van der Waals surface area contributed by atoms with Crippen LogP contribution >= 0.6 is 0 Å². The first kappa shape index (κ1) is 13.1. The summed E-state index contributed by atoms with van der Waals surface area (Å²) in [5.74, 6) is 1.57. The topological polar surface area (TPSA) is 65.2 Å². The molecule has 1 aromatic heterocycles. The number of ether oxygens (including phenoxy) is 1. The highest BCUT2D eigenvalue weighted by molar-refractivity contribution is 5.73. The van der Waals surface area contributed by atoms with Gasteiger partial charge >= 0.3 is 5.97 Å². The van der Waals surface area contributed by atoms with E-state index in [4.69, 9.17) is 9.26 Å². The summed E-state index contributed by atoms with van der Waals surface area (Å²) >= 11 is 0. The van der Waals surface area contributed by atoms with E-state index in [1.165, 1.54) is 7.11 Å². The number of carbonyl (C=O) groups is 1. The first-order valence-corrected chi connectivity index (χ1v) is 6.52. The third kappa shape index (κ3) is 2.71. The predicted octanol–water partition coefficient (Wildman–Crippen LogP) is 2.32. The average Bonchev–Trinajstić information content (AvgIpc) is 2.94. The Morgan fingerprint density at radius 3 is 2.94 bits per heavy atom. The Balaban J connectivity index is 2.10. The maximum absolute atomic E-state index is 11.7. The number of carbonyl (C=O) groups excluding carboxylic acids is 1. The van der Waals surface area contributed by atoms with Gasteiger partial charge in [0.1, 0.15) is 0 Å². The van der Waals surface area contributed by atoms with E-state index in [2.05, 4.69) is 24.0 Å². The van der Waals surface area contributed by atoms with Gasteiger partial charge in [-0.2, -0.15) is 4.98 Å². The Morgan fingerprint density at radius 2 is 2.28 bits per heavy atom. The van der Waals surface area contributed by atoms with Crippen molar-refractivity contribution in [1.29, 1.82) is 0 Å². The molecule has 0 aliphatic heterocycles. The molecular formula is C13H20N2O3. The molecule has 0 radical (unpaired) electrons. The summed E-state index contributed by atoms with van der Waals surface area (Å²) in [6.45, 7) is 4.23. The molecule has 18 heavy (non-hydrogen) atoms. The molecule has 2 atom stereocenters. The lowest BCUT2D eigenvalue weighted by Gasteiger charge is -2.12. The smallest absolute Gasteiger partial charge is 0.309 e. The molecule has 1 fully saturated rings. The van der Waals surface area contributed by atoms with Crippen molar-refractivity contribution < 1.29 is 14.1 Å². The summed E-state index contributed by atoms with van der Waals surface area (Å²) in [6, 6.07) is 0. The quantitative estimate of drug-likeness (QED) is 0.769. The third-order valence-electron chi connectivity index (χ3n) is 3.41. The molecule has 5 heteroatoms. The van der Waals surface area contributed by atoms with Crippen molar-refractivity contribution in [2.24, 2.45) is 11.8 Å². The Morgan fingerprint density at radius 1 is 1.50 bits per heavy atom. The Bertz CT molecular complexity index is 414. The molecular weight excluding hydrogens is 232 g/mol. The van der Waals surface area contributed by atoms with Gasteiger partial charge in [-0.05, 0) is 18.8 Å². The molecule has 0 aromatic carbocycles. The van der Waals surface area contributed by atoms with Crippen LogP contribution in [0.1, 0.15) is 50.7 Å². The van der Waals surface area contributed by atoms with Gasteiger partial charge in [-0.25, -0.2) is 0 Å². The number of hydrogen-bond acceptors (Lipinski definition) is 5. The zero-order valence-electron chi connectivity index (χ0n) is 11.2. The van der Waals surface area contributed by atoms with E-state index < -0.39 is 0 Å². The van der Waals surface area contributed by atoms with Crippen LogP contribution < -0.4 is 0 Å². The van der Waals surface area contributed by atoms with E-state index in [0.717, 1.165) is 31.5 Å². The molecule has 0 bridgehead atoms. The van der Waals surface area contributed by atoms with Gasteiger partial charge in [-0.15, -0.1) is 0 Å². The Kier molecular flexibility index (Phi) is 3.99. The molecule has 0 amide bonds. The molecule has 100 valence electrons. The van der Waals surface area contributed by atoms with Crippen LogP contribution in [0.25, 0.3) is 0 Å². The zero-order chi connectivity index (χ0) is 13.1. The molecule has 2 unspecified atom stereocenters. The maximum atomic E-state index is 11.7. The van der Waals surface area contributed by atoms with Crippen LogP contribution in [0, 0.1) is 11.8 Å². The number of hydrogen-bond donors (Lipinski definition) is 0. The lowest BCUT2D eigenvalue weighted by molar-refractivity contribution is -0.145. The van der Waals surface area contributed by atoms with Crippen molar-refractivity contribution in [2.45, 2.75) is 45.4 Å². The second-order valence-corrected chi connectivity index (χ2v) is 5.31. The fraction of sp³-hybridized carbons (Fsp3) is 0.769. The molecule has 1 heterocycles. The molecule has 2 rings (SSSR count). The number of esters is 1. The normalized spacial score (nSPS) is 23.6. The molecule has 1 aliphatic rings. The van der Waals surface area contributed by atoms with E-state index in [-0.39, 0.29) is 17.8 Å². The van der Waals surface area contributed by atoms with Crippen LogP contribution in [-0.2, 0) is 16.0 Å². The zero-order valence-corrected chi connectivity index (χ0v) is 11.2. The molecule has 0 N–H and O–H groups in total. The van der Waals surface area contributed by atoms with Crippen molar-refractivity contribution in [2.75, 3.05) is 7.11 Å². The highest BCUT2D eigenvalue weighted by Gasteiger charge is 2.38. The lowest BCUT2D eigenvalue weighted by Crippen LogP contribution is -2.19. The SMILES string of the molecule is COC(=O)C1CCCC1c1nc(CC(C)C)no1. The van der Waals surface area contributed by atoms with Crippen molar-refractivity contribution in [3.8, 4) is 0 Å². The average molecular weight is 252 g/mol. The molecule has 5 nitrogen and oxygen atoms in total. The van der Waals surface area contributed by atoms with E-state index >= 15 is 0 Å². The van der Waals surface area contributed by atoms with Gasteiger partial charge in [0.15, 0.2) is 5.82 Å². The summed E-state index contributed by atoms with van der Waals surface area (Å²) in [4.78, 5) is 16.1. The summed E-state index contributed by atoms with van der Waals surface area (Å²) in [7, 11) is 1.43. The summed E-state index contributed by atoms with van der Waals surface area (Å²) < 4.78 is 10.1. The van der Waals surface area contributed by atoms with Gasteiger partial charge in [0, 0.05) is 6.42 Å². The molecule has 1 aliphatic carbocycles. The van der Waals surface area contributed by atoms with Crippen molar-refractivity contribution in [1.82, 2.24) is 10.1 Å². The minimum absolute atomic E-state index is 0.0332. The van der Waals surface area contributed by atoms with Gasteiger partial charge in [-0.3, -0.25) is 4.79 Å². The largest absolute Gasteiger partial charge is 0.469 e. The number of rotatable bonds is 4. The van der Waals surface area contributed by atoms with Crippen molar-refractivity contribution >= 4 is 5.97 Å². The number of methoxy groups -OCH3 is 1. The van der Waals surface area contributed by atoms with E-state index in [1.807, 2.05) is 0 Å². The van der Waals surface area contributed by atoms with Crippen LogP contribution in [-0.4, -0.2) is 23.2 Å². The second kappa shape index (κ2) is 5.50. The van der Waals surface area contributed by atoms with Gasteiger partial charge in [-0.1, -0.05) is 25.4 Å². The molecule has 0 spiro atoms. The number of nitrogens with zero attached hydrogens (tertiary/aromatic N) is 2. The summed E-state index contributed by atoms with van der Waals surface area (Å²) in [6.07, 6.45) is 3.58. The number of aromatic nitrogens is 2. The van der Waals surface area contributed by atoms with Gasteiger partial charge < -0.3 is 9.26 Å². The first-order valence-electron chi connectivity index (χ1n) is 6.52. The minimum Gasteiger partial charge on any atom is -0.469 e. The van der Waals surface area contributed by atoms with Gasteiger partial charge in [0.2, 0.25) is 5.89 Å². The van der Waals surface area contributed by atoms with Crippen LogP contribution in [0.3, 0.4) is 0 Å². The fourth-order valence-electron chi connectivity index (χ4n) is 2.56. The molecule has 1 saturated carbocycles. The Hall–Kier alpha value is -1.39. The lowest BCUT2D eigenvalue weighted by atomic mass is 9.96. The van der Waals surface area contributed by atoms with E-state index in [1.54, 1.807) is 0 Å². The van der Waals surface area contributed by atoms with Crippen molar-refractivity contribution in [3.63, 3.8) is 0 Å². The second-order valence-electron chi connectivity index (χ2n) is 5.31. The van der Waals surface area contributed by atoms with Gasteiger partial charge in [0.05, 0.1) is 18.9 Å². The first-order chi connectivity index (χ1) is 8.61. The summed E-state index contributed by atoms with van der Waals surface area (Å²) in [5.41, 5.74) is 0. The minimum atomic E-state index is -0.166. The van der Waals surface area contributed by atoms with E-state index in [0.29, 0.717) is 11.8 Å².